The van der Waals surface area contributed by atoms with Crippen LogP contribution in [0.5, 0.6) is 0 Å². The van der Waals surface area contributed by atoms with E-state index in [2.05, 4.69) is 20.6 Å². The van der Waals surface area contributed by atoms with Crippen LogP contribution in [0.2, 0.25) is 5.02 Å². The lowest BCUT2D eigenvalue weighted by Gasteiger charge is -2.10. The first-order valence-corrected chi connectivity index (χ1v) is 8.09. The maximum Gasteiger partial charge on any atom is 0.220 e. The summed E-state index contributed by atoms with van der Waals surface area (Å²) >= 11 is 5.85. The first-order valence-electron chi connectivity index (χ1n) is 7.72. The lowest BCUT2D eigenvalue weighted by Crippen LogP contribution is -2.23. The highest BCUT2D eigenvalue weighted by molar-refractivity contribution is 6.30. The van der Waals surface area contributed by atoms with Crippen molar-refractivity contribution in [1.82, 2.24) is 25.1 Å². The van der Waals surface area contributed by atoms with Gasteiger partial charge in [-0.1, -0.05) is 23.7 Å². The summed E-state index contributed by atoms with van der Waals surface area (Å²) in [5, 5.41) is 16.0. The van der Waals surface area contributed by atoms with Gasteiger partial charge in [-0.15, -0.1) is 10.2 Å². The highest BCUT2D eigenvalue weighted by atomic mass is 35.5. The molecule has 0 radical (unpaired) electrons. The molecule has 1 N–H and O–H groups in total. The largest absolute Gasteiger partial charge is 0.352 e. The normalized spacial score (nSPS) is 11.0. The molecule has 2 heterocycles. The molecule has 0 spiro atoms. The van der Waals surface area contributed by atoms with Crippen molar-refractivity contribution in [3.8, 4) is 0 Å². The number of carbonyl (C=O) groups excluding carboxylic acids is 1. The van der Waals surface area contributed by atoms with E-state index in [4.69, 9.17) is 11.6 Å². The third kappa shape index (κ3) is 3.54. The fourth-order valence-corrected chi connectivity index (χ4v) is 2.80. The van der Waals surface area contributed by atoms with Crippen molar-refractivity contribution in [3.63, 3.8) is 0 Å². The van der Waals surface area contributed by atoms with E-state index in [0.29, 0.717) is 24.4 Å². The first-order chi connectivity index (χ1) is 11.5. The SMILES string of the molecule is Cc1nn2cnnc2c(C)c1CCC(=O)NCc1ccc(Cl)cc1. The lowest BCUT2D eigenvalue weighted by molar-refractivity contribution is -0.121. The number of nitrogens with zero attached hydrogens (tertiary/aromatic N) is 4. The number of halogens is 1. The molecule has 0 bridgehead atoms. The summed E-state index contributed by atoms with van der Waals surface area (Å²) in [6.07, 6.45) is 2.61. The Morgan fingerprint density at radius 1 is 1.25 bits per heavy atom. The highest BCUT2D eigenvalue weighted by Gasteiger charge is 2.12. The highest BCUT2D eigenvalue weighted by Crippen LogP contribution is 2.17. The Labute approximate surface area is 144 Å². The number of rotatable bonds is 5. The third-order valence-corrected chi connectivity index (χ3v) is 4.27. The van der Waals surface area contributed by atoms with E-state index >= 15 is 0 Å². The van der Waals surface area contributed by atoms with Crippen LogP contribution < -0.4 is 5.32 Å². The van der Waals surface area contributed by atoms with Gasteiger partial charge >= 0.3 is 0 Å². The van der Waals surface area contributed by atoms with Crippen molar-refractivity contribution in [1.29, 1.82) is 0 Å². The van der Waals surface area contributed by atoms with E-state index < -0.39 is 0 Å². The summed E-state index contributed by atoms with van der Waals surface area (Å²) in [5.41, 5.74) is 4.72. The monoisotopic (exact) mass is 343 g/mol. The van der Waals surface area contributed by atoms with Crippen LogP contribution in [-0.2, 0) is 17.8 Å². The molecule has 0 aliphatic heterocycles. The molecule has 3 rings (SSSR count). The molecule has 0 unspecified atom stereocenters. The van der Waals surface area contributed by atoms with E-state index in [-0.39, 0.29) is 5.91 Å². The van der Waals surface area contributed by atoms with Crippen LogP contribution in [-0.4, -0.2) is 25.7 Å². The average Bonchev–Trinajstić information content (AvgIpc) is 3.02. The topological polar surface area (TPSA) is 72.2 Å². The zero-order valence-electron chi connectivity index (χ0n) is 13.6. The molecular formula is C17H18ClN5O. The Kier molecular flexibility index (Phi) is 4.76. The number of nitrogens with one attached hydrogen (secondary N) is 1. The molecule has 0 atom stereocenters. The Hall–Kier alpha value is -2.47. The van der Waals surface area contributed by atoms with Crippen LogP contribution in [0.25, 0.3) is 5.65 Å². The van der Waals surface area contributed by atoms with Crippen molar-refractivity contribution >= 4 is 23.2 Å². The smallest absolute Gasteiger partial charge is 0.220 e. The van der Waals surface area contributed by atoms with Crippen molar-refractivity contribution < 1.29 is 4.79 Å². The van der Waals surface area contributed by atoms with Gasteiger partial charge in [0.25, 0.3) is 0 Å². The van der Waals surface area contributed by atoms with Gasteiger partial charge in [0.15, 0.2) is 5.65 Å². The first kappa shape index (κ1) is 16.4. The quantitative estimate of drug-likeness (QED) is 0.773. The summed E-state index contributed by atoms with van der Waals surface area (Å²) in [5.74, 6) is 0.00471. The van der Waals surface area contributed by atoms with Crippen LogP contribution in [0.15, 0.2) is 30.6 Å². The van der Waals surface area contributed by atoms with Gasteiger partial charge in [-0.3, -0.25) is 4.79 Å². The second kappa shape index (κ2) is 6.97. The summed E-state index contributed by atoms with van der Waals surface area (Å²) in [6.45, 7) is 4.42. The van der Waals surface area contributed by atoms with Gasteiger partial charge in [-0.2, -0.15) is 5.10 Å². The van der Waals surface area contributed by atoms with Crippen LogP contribution in [0, 0.1) is 13.8 Å². The van der Waals surface area contributed by atoms with E-state index in [9.17, 15) is 4.79 Å². The molecule has 7 heteroatoms. The molecular weight excluding hydrogens is 326 g/mol. The van der Waals surface area contributed by atoms with Crippen molar-refractivity contribution in [2.75, 3.05) is 0 Å². The van der Waals surface area contributed by atoms with Crippen molar-refractivity contribution in [2.45, 2.75) is 33.2 Å². The van der Waals surface area contributed by atoms with Crippen LogP contribution in [0.4, 0.5) is 0 Å². The summed E-state index contributed by atoms with van der Waals surface area (Å²) in [4.78, 5) is 12.1. The second-order valence-corrected chi connectivity index (χ2v) is 6.13. The maximum absolute atomic E-state index is 12.1. The number of hydrogen-bond acceptors (Lipinski definition) is 4. The molecule has 0 saturated carbocycles. The predicted octanol–water partition coefficient (Wildman–Crippen LogP) is 2.64. The Morgan fingerprint density at radius 3 is 2.75 bits per heavy atom. The Morgan fingerprint density at radius 2 is 2.00 bits per heavy atom. The second-order valence-electron chi connectivity index (χ2n) is 5.69. The van der Waals surface area contributed by atoms with Crippen molar-refractivity contribution in [2.24, 2.45) is 0 Å². The summed E-state index contributed by atoms with van der Waals surface area (Å²) in [7, 11) is 0. The summed E-state index contributed by atoms with van der Waals surface area (Å²) < 4.78 is 1.66. The minimum atomic E-state index is 0.00471. The summed E-state index contributed by atoms with van der Waals surface area (Å²) in [6, 6.07) is 7.44. The molecule has 0 fully saturated rings. The van der Waals surface area contributed by atoms with Crippen molar-refractivity contribution in [3.05, 3.63) is 58.0 Å². The average molecular weight is 344 g/mol. The van der Waals surface area contributed by atoms with Gasteiger partial charge in [-0.05, 0) is 43.5 Å². The molecule has 1 amide bonds. The molecule has 1 aromatic carbocycles. The minimum Gasteiger partial charge on any atom is -0.352 e. The van der Waals surface area contributed by atoms with Gasteiger partial charge in [-0.25, -0.2) is 4.52 Å². The molecule has 2 aromatic heterocycles. The maximum atomic E-state index is 12.1. The van der Waals surface area contributed by atoms with Gasteiger partial charge in [0.2, 0.25) is 5.91 Å². The number of amides is 1. The molecule has 0 saturated heterocycles. The minimum absolute atomic E-state index is 0.00471. The third-order valence-electron chi connectivity index (χ3n) is 4.02. The van der Waals surface area contributed by atoms with Crippen LogP contribution >= 0.6 is 11.6 Å². The molecule has 24 heavy (non-hydrogen) atoms. The van der Waals surface area contributed by atoms with Gasteiger partial charge in [0.1, 0.15) is 6.33 Å². The Bertz CT molecular complexity index is 873. The lowest BCUT2D eigenvalue weighted by atomic mass is 10.0. The Balaban J connectivity index is 1.61. The number of aryl methyl sites for hydroxylation is 2. The van der Waals surface area contributed by atoms with Crippen LogP contribution in [0.1, 0.15) is 28.8 Å². The fourth-order valence-electron chi connectivity index (χ4n) is 2.68. The molecule has 6 nitrogen and oxygen atoms in total. The zero-order chi connectivity index (χ0) is 17.1. The standard InChI is InChI=1S/C17H18ClN5O/c1-11-15(12(2)22-23-10-20-21-17(11)23)7-8-16(24)19-9-13-3-5-14(18)6-4-13/h3-6,10H,7-9H2,1-2H3,(H,19,24). The van der Waals surface area contributed by atoms with Crippen LogP contribution in [0.3, 0.4) is 0 Å². The molecule has 3 aromatic rings. The van der Waals surface area contributed by atoms with E-state index in [0.717, 1.165) is 28.0 Å². The molecule has 124 valence electrons. The van der Waals surface area contributed by atoms with E-state index in [1.807, 2.05) is 38.1 Å². The van der Waals surface area contributed by atoms with E-state index in [1.165, 1.54) is 0 Å². The van der Waals surface area contributed by atoms with Gasteiger partial charge in [0, 0.05) is 23.6 Å². The van der Waals surface area contributed by atoms with Gasteiger partial charge < -0.3 is 5.32 Å². The zero-order valence-corrected chi connectivity index (χ0v) is 14.3. The molecule has 0 aliphatic rings. The number of fused-ring (bicyclic) bond motifs is 1. The van der Waals surface area contributed by atoms with E-state index in [1.54, 1.807) is 10.8 Å². The van der Waals surface area contributed by atoms with Gasteiger partial charge in [0.05, 0.1) is 5.69 Å². The number of carbonyl (C=O) groups is 1. The molecule has 0 aliphatic carbocycles. The number of benzene rings is 1. The number of hydrogen-bond donors (Lipinski definition) is 1. The fraction of sp³-hybridized carbons (Fsp3) is 0.294. The predicted molar refractivity (Wildman–Crippen MR) is 91.9 cm³/mol. The number of aromatic nitrogens is 4.